The highest BCUT2D eigenvalue weighted by molar-refractivity contribution is 6.11. The average molecular weight is 457 g/mol. The van der Waals surface area contributed by atoms with Crippen LogP contribution in [0.5, 0.6) is 0 Å². The van der Waals surface area contributed by atoms with E-state index in [2.05, 4.69) is 68.7 Å². The van der Waals surface area contributed by atoms with E-state index in [4.69, 9.17) is 0 Å². The first kappa shape index (κ1) is 23.6. The third-order valence-corrected chi connectivity index (χ3v) is 6.55. The molecular formula is C27H32N6O. The average Bonchev–Trinajstić information content (AvgIpc) is 3.28. The molecule has 0 saturated carbocycles. The van der Waals surface area contributed by atoms with Crippen molar-refractivity contribution in [3.8, 4) is 11.4 Å². The molecule has 0 radical (unpaired) electrons. The van der Waals surface area contributed by atoms with Gasteiger partial charge in [-0.15, -0.1) is 0 Å². The number of H-pyrrole nitrogens is 1. The summed E-state index contributed by atoms with van der Waals surface area (Å²) in [7, 11) is 1.99. The summed E-state index contributed by atoms with van der Waals surface area (Å²) in [6, 6.07) is 12.1. The van der Waals surface area contributed by atoms with E-state index < -0.39 is 0 Å². The van der Waals surface area contributed by atoms with Gasteiger partial charge >= 0.3 is 0 Å². The number of fused-ring (bicyclic) bond motifs is 1. The van der Waals surface area contributed by atoms with Crippen molar-refractivity contribution in [3.05, 3.63) is 71.2 Å². The molecule has 1 aromatic carbocycles. The highest BCUT2D eigenvalue weighted by Gasteiger charge is 2.17. The quantitative estimate of drug-likeness (QED) is 0.337. The number of aromatic nitrogens is 4. The normalized spacial score (nSPS) is 13.1. The van der Waals surface area contributed by atoms with Crippen LogP contribution in [-0.4, -0.2) is 39.4 Å². The van der Waals surface area contributed by atoms with E-state index in [1.54, 1.807) is 18.5 Å². The predicted molar refractivity (Wildman–Crippen MR) is 137 cm³/mol. The molecule has 3 N–H and O–H groups in total. The van der Waals surface area contributed by atoms with E-state index in [1.165, 1.54) is 5.56 Å². The number of nitrogens with zero attached hydrogens (tertiary/aromatic N) is 3. The molecule has 3 heterocycles. The monoisotopic (exact) mass is 456 g/mol. The summed E-state index contributed by atoms with van der Waals surface area (Å²) in [6.45, 7) is 9.46. The minimum absolute atomic E-state index is 0.226. The van der Waals surface area contributed by atoms with Gasteiger partial charge in [0.1, 0.15) is 5.82 Å². The van der Waals surface area contributed by atoms with Gasteiger partial charge in [-0.3, -0.25) is 9.78 Å². The molecule has 1 amide bonds. The van der Waals surface area contributed by atoms with Crippen molar-refractivity contribution >= 4 is 22.8 Å². The third kappa shape index (κ3) is 4.99. The van der Waals surface area contributed by atoms with E-state index in [0.29, 0.717) is 40.1 Å². The molecule has 34 heavy (non-hydrogen) atoms. The first-order chi connectivity index (χ1) is 16.4. The van der Waals surface area contributed by atoms with Gasteiger partial charge in [-0.25, -0.2) is 9.97 Å². The molecule has 1 unspecified atom stereocenters. The Morgan fingerprint density at radius 2 is 1.85 bits per heavy atom. The Kier molecular flexibility index (Phi) is 7.03. The van der Waals surface area contributed by atoms with Crippen molar-refractivity contribution in [2.24, 2.45) is 5.92 Å². The maximum atomic E-state index is 13.1. The van der Waals surface area contributed by atoms with Crippen LogP contribution in [0.25, 0.3) is 22.6 Å². The Hall–Kier alpha value is -3.58. The van der Waals surface area contributed by atoms with Crippen LogP contribution in [0.15, 0.2) is 48.8 Å². The van der Waals surface area contributed by atoms with Crippen molar-refractivity contribution in [1.29, 1.82) is 0 Å². The molecule has 0 bridgehead atoms. The van der Waals surface area contributed by atoms with Crippen molar-refractivity contribution < 1.29 is 4.79 Å². The number of anilines is 1. The number of hydrogen-bond donors (Lipinski definition) is 3. The van der Waals surface area contributed by atoms with Gasteiger partial charge in [0.2, 0.25) is 0 Å². The van der Waals surface area contributed by atoms with Gasteiger partial charge in [0.05, 0.1) is 23.0 Å². The molecule has 7 nitrogen and oxygen atoms in total. The van der Waals surface area contributed by atoms with Crippen LogP contribution in [0.3, 0.4) is 0 Å². The third-order valence-electron chi connectivity index (χ3n) is 6.55. The molecule has 3 aromatic heterocycles. The van der Waals surface area contributed by atoms with Crippen molar-refractivity contribution in [2.75, 3.05) is 18.9 Å². The fourth-order valence-electron chi connectivity index (χ4n) is 4.15. The van der Waals surface area contributed by atoms with Gasteiger partial charge in [0.25, 0.3) is 5.91 Å². The van der Waals surface area contributed by atoms with Gasteiger partial charge in [0.15, 0.2) is 5.65 Å². The van der Waals surface area contributed by atoms with Gasteiger partial charge in [-0.1, -0.05) is 38.1 Å². The SMILES string of the molecule is CNCCC(C)[C@@H](C)c1ccc(-c2nc3nccc(C(=O)Nc4cnc(C)cc4C)c3[nH]2)cc1. The number of pyridine rings is 2. The fourth-order valence-corrected chi connectivity index (χ4v) is 4.15. The molecule has 176 valence electrons. The lowest BCUT2D eigenvalue weighted by Crippen LogP contribution is -2.15. The number of aromatic amines is 1. The Morgan fingerprint density at radius 3 is 2.56 bits per heavy atom. The van der Waals surface area contributed by atoms with E-state index >= 15 is 0 Å². The summed E-state index contributed by atoms with van der Waals surface area (Å²) in [6.07, 6.45) is 4.43. The largest absolute Gasteiger partial charge is 0.336 e. The van der Waals surface area contributed by atoms with Crippen LogP contribution < -0.4 is 10.6 Å². The Labute approximate surface area is 200 Å². The van der Waals surface area contributed by atoms with Crippen molar-refractivity contribution in [2.45, 2.75) is 40.0 Å². The zero-order chi connectivity index (χ0) is 24.2. The van der Waals surface area contributed by atoms with Crippen LogP contribution in [0.2, 0.25) is 0 Å². The number of hydrogen-bond acceptors (Lipinski definition) is 5. The van der Waals surface area contributed by atoms with Crippen molar-refractivity contribution in [3.63, 3.8) is 0 Å². The number of carbonyl (C=O) groups excluding carboxylic acids is 1. The smallest absolute Gasteiger partial charge is 0.258 e. The fraction of sp³-hybridized carbons (Fsp3) is 0.333. The van der Waals surface area contributed by atoms with Crippen LogP contribution >= 0.6 is 0 Å². The van der Waals surface area contributed by atoms with Gasteiger partial charge in [-0.2, -0.15) is 0 Å². The van der Waals surface area contributed by atoms with Crippen molar-refractivity contribution in [1.82, 2.24) is 25.3 Å². The highest BCUT2D eigenvalue weighted by Crippen LogP contribution is 2.29. The molecular weight excluding hydrogens is 424 g/mol. The Morgan fingerprint density at radius 1 is 1.09 bits per heavy atom. The summed E-state index contributed by atoms with van der Waals surface area (Å²) in [4.78, 5) is 29.7. The van der Waals surface area contributed by atoms with Gasteiger partial charge < -0.3 is 15.6 Å². The Balaban J connectivity index is 1.57. The second-order valence-electron chi connectivity index (χ2n) is 9.02. The zero-order valence-corrected chi connectivity index (χ0v) is 20.4. The molecule has 4 rings (SSSR count). The summed E-state index contributed by atoms with van der Waals surface area (Å²) in [5.41, 5.74) is 6.45. The van der Waals surface area contributed by atoms with E-state index in [0.717, 1.165) is 29.8 Å². The number of aryl methyl sites for hydroxylation is 2. The molecule has 0 fully saturated rings. The Bertz CT molecular complexity index is 1290. The predicted octanol–water partition coefficient (Wildman–Crippen LogP) is 5.24. The maximum absolute atomic E-state index is 13.1. The lowest BCUT2D eigenvalue weighted by Gasteiger charge is -2.20. The van der Waals surface area contributed by atoms with E-state index in [9.17, 15) is 4.79 Å². The molecule has 7 heteroatoms. The summed E-state index contributed by atoms with van der Waals surface area (Å²) < 4.78 is 0. The molecule has 0 spiro atoms. The number of amides is 1. The van der Waals surface area contributed by atoms with Gasteiger partial charge in [-0.05, 0) is 69.0 Å². The maximum Gasteiger partial charge on any atom is 0.258 e. The second-order valence-corrected chi connectivity index (χ2v) is 9.02. The second kappa shape index (κ2) is 10.1. The van der Waals surface area contributed by atoms with Crippen LogP contribution in [-0.2, 0) is 0 Å². The number of nitrogens with one attached hydrogen (secondary N) is 3. The highest BCUT2D eigenvalue weighted by atomic mass is 16.1. The number of carbonyl (C=O) groups is 1. The summed E-state index contributed by atoms with van der Waals surface area (Å²) >= 11 is 0. The van der Waals surface area contributed by atoms with Crippen LogP contribution in [0.1, 0.15) is 53.4 Å². The molecule has 2 atom stereocenters. The number of rotatable bonds is 8. The number of imidazole rings is 1. The summed E-state index contributed by atoms with van der Waals surface area (Å²) in [5, 5.41) is 6.19. The molecule has 0 aliphatic rings. The first-order valence-corrected chi connectivity index (χ1v) is 11.7. The van der Waals surface area contributed by atoms with Gasteiger partial charge in [0, 0.05) is 17.5 Å². The standard InChI is InChI=1S/C27H32N6O/c1-16(10-12-28-5)19(4)20-6-8-21(9-7-20)25-32-24-22(11-13-29-26(24)33-25)27(34)31-23-15-30-18(3)14-17(23)2/h6-9,11,13-16,19,28H,10,12H2,1-5H3,(H,31,34)(H,29,32,33)/t16?,19-/m1/s1. The topological polar surface area (TPSA) is 95.6 Å². The zero-order valence-electron chi connectivity index (χ0n) is 20.4. The molecule has 0 aliphatic carbocycles. The molecule has 4 aromatic rings. The summed E-state index contributed by atoms with van der Waals surface area (Å²) in [5.74, 6) is 1.52. The van der Waals surface area contributed by atoms with E-state index in [-0.39, 0.29) is 5.91 Å². The lowest BCUT2D eigenvalue weighted by molar-refractivity contribution is 0.102. The van der Waals surface area contributed by atoms with Crippen LogP contribution in [0.4, 0.5) is 5.69 Å². The number of benzene rings is 1. The first-order valence-electron chi connectivity index (χ1n) is 11.7. The minimum atomic E-state index is -0.226. The molecule has 0 aliphatic heterocycles. The minimum Gasteiger partial charge on any atom is -0.336 e. The lowest BCUT2D eigenvalue weighted by atomic mass is 9.86. The van der Waals surface area contributed by atoms with E-state index in [1.807, 2.05) is 27.0 Å². The molecule has 0 saturated heterocycles. The van der Waals surface area contributed by atoms with Crippen LogP contribution in [0, 0.1) is 19.8 Å².